The number of likely N-dealkylation sites (tertiary alicyclic amines) is 1. The molecule has 124 valence electrons. The monoisotopic (exact) mass is 318 g/mol. The first kappa shape index (κ1) is 15.7. The molecule has 1 aliphatic heterocycles. The van der Waals surface area contributed by atoms with Gasteiger partial charge in [-0.25, -0.2) is 14.3 Å². The molecule has 1 unspecified atom stereocenters. The van der Waals surface area contributed by atoms with Crippen LogP contribution >= 0.6 is 0 Å². The normalized spacial score (nSPS) is 21.2. The van der Waals surface area contributed by atoms with E-state index in [1.54, 1.807) is 25.4 Å². The van der Waals surface area contributed by atoms with Crippen LogP contribution in [0.4, 0.5) is 0 Å². The van der Waals surface area contributed by atoms with E-state index in [0.29, 0.717) is 24.4 Å². The number of pyridine rings is 1. The number of nitrogens with zero attached hydrogens (tertiary/aromatic N) is 3. The second-order valence-electron chi connectivity index (χ2n) is 6.11. The van der Waals surface area contributed by atoms with E-state index >= 15 is 0 Å². The summed E-state index contributed by atoms with van der Waals surface area (Å²) in [6.45, 7) is 3.35. The van der Waals surface area contributed by atoms with E-state index < -0.39 is 0 Å². The Balaban J connectivity index is 2.02. The topological polar surface area (TPSA) is 79.7 Å². The van der Waals surface area contributed by atoms with Crippen LogP contribution in [-0.4, -0.2) is 51.2 Å². The van der Waals surface area contributed by atoms with Gasteiger partial charge in [0.15, 0.2) is 5.65 Å². The number of carbonyl (C=O) groups excluding carboxylic acids is 1. The minimum atomic E-state index is -0.340. The summed E-state index contributed by atoms with van der Waals surface area (Å²) in [7, 11) is 1.67. The first-order valence-corrected chi connectivity index (χ1v) is 7.99. The summed E-state index contributed by atoms with van der Waals surface area (Å²) in [6, 6.07) is 3.42. The molecule has 0 aromatic carbocycles. The number of amides is 1. The van der Waals surface area contributed by atoms with Crippen LogP contribution in [0.3, 0.4) is 0 Å². The molecule has 0 bridgehead atoms. The van der Waals surface area contributed by atoms with Crippen molar-refractivity contribution in [2.75, 3.05) is 20.3 Å². The number of rotatable bonds is 5. The molecule has 1 saturated heterocycles. The molecular weight excluding hydrogens is 296 g/mol. The molecule has 0 radical (unpaired) electrons. The lowest BCUT2D eigenvalue weighted by molar-refractivity contribution is 0.0255. The van der Waals surface area contributed by atoms with Crippen molar-refractivity contribution in [2.24, 2.45) is 0 Å². The molecule has 1 N–H and O–H groups in total. The minimum absolute atomic E-state index is 0.0856. The molecule has 1 atom stereocenters. The minimum Gasteiger partial charge on any atom is -0.382 e. The van der Waals surface area contributed by atoms with Gasteiger partial charge in [-0.2, -0.15) is 5.10 Å². The number of hydrogen-bond acceptors (Lipinski definition) is 4. The molecule has 3 rings (SSSR count). The molecule has 2 aromatic heterocycles. The summed E-state index contributed by atoms with van der Waals surface area (Å²) >= 11 is 0. The summed E-state index contributed by atoms with van der Waals surface area (Å²) in [4.78, 5) is 26.8. The molecule has 3 heterocycles. The Labute approximate surface area is 134 Å². The molecule has 1 amide bonds. The molecule has 0 saturated carbocycles. The lowest BCUT2D eigenvalue weighted by Crippen LogP contribution is -2.50. The van der Waals surface area contributed by atoms with Crippen molar-refractivity contribution in [3.8, 4) is 0 Å². The highest BCUT2D eigenvalue weighted by Crippen LogP contribution is 2.35. The Morgan fingerprint density at radius 1 is 1.52 bits per heavy atom. The zero-order valence-electron chi connectivity index (χ0n) is 13.5. The van der Waals surface area contributed by atoms with Crippen molar-refractivity contribution in [3.05, 3.63) is 34.4 Å². The van der Waals surface area contributed by atoms with Gasteiger partial charge >= 0.3 is 5.69 Å². The van der Waals surface area contributed by atoms with Crippen LogP contribution in [-0.2, 0) is 4.74 Å². The molecule has 7 heteroatoms. The first-order valence-electron chi connectivity index (χ1n) is 7.99. The number of nitrogens with one attached hydrogen (secondary N) is 1. The van der Waals surface area contributed by atoms with Gasteiger partial charge in [-0.05, 0) is 31.4 Å². The van der Waals surface area contributed by atoms with Gasteiger partial charge in [0.1, 0.15) is 0 Å². The van der Waals surface area contributed by atoms with Crippen LogP contribution < -0.4 is 5.69 Å². The average Bonchev–Trinajstić information content (AvgIpc) is 3.12. The SMILES string of the molecule is CCCC1(COC)CCCN1C(=O)c1cccn2c(=O)[nH]nc12. The maximum Gasteiger partial charge on any atom is 0.347 e. The van der Waals surface area contributed by atoms with E-state index in [0.717, 1.165) is 25.7 Å². The van der Waals surface area contributed by atoms with Crippen molar-refractivity contribution in [1.29, 1.82) is 0 Å². The van der Waals surface area contributed by atoms with Crippen LogP contribution in [0.2, 0.25) is 0 Å². The van der Waals surface area contributed by atoms with Crippen LogP contribution in [0.15, 0.2) is 23.1 Å². The van der Waals surface area contributed by atoms with Gasteiger partial charge in [0.25, 0.3) is 5.91 Å². The zero-order valence-corrected chi connectivity index (χ0v) is 13.5. The fourth-order valence-corrected chi connectivity index (χ4v) is 3.72. The number of methoxy groups -OCH3 is 1. The maximum atomic E-state index is 13.1. The third-order valence-corrected chi connectivity index (χ3v) is 4.64. The smallest absolute Gasteiger partial charge is 0.347 e. The fraction of sp³-hybridized carbons (Fsp3) is 0.562. The van der Waals surface area contributed by atoms with Gasteiger partial charge in [-0.3, -0.25) is 4.79 Å². The number of ether oxygens (including phenoxy) is 1. The second-order valence-corrected chi connectivity index (χ2v) is 6.11. The molecule has 7 nitrogen and oxygen atoms in total. The van der Waals surface area contributed by atoms with E-state index in [1.165, 1.54) is 4.40 Å². The lowest BCUT2D eigenvalue weighted by atomic mass is 9.91. The molecule has 23 heavy (non-hydrogen) atoms. The van der Waals surface area contributed by atoms with Gasteiger partial charge < -0.3 is 9.64 Å². The molecule has 0 aliphatic carbocycles. The number of carbonyl (C=O) groups is 1. The Morgan fingerprint density at radius 2 is 2.35 bits per heavy atom. The van der Waals surface area contributed by atoms with E-state index in [9.17, 15) is 9.59 Å². The number of hydrogen-bond donors (Lipinski definition) is 1. The molecule has 2 aromatic rings. The van der Waals surface area contributed by atoms with Crippen LogP contribution in [0, 0.1) is 0 Å². The van der Waals surface area contributed by atoms with Crippen molar-refractivity contribution >= 4 is 11.6 Å². The number of aromatic amines is 1. The quantitative estimate of drug-likeness (QED) is 0.905. The predicted molar refractivity (Wildman–Crippen MR) is 85.6 cm³/mol. The van der Waals surface area contributed by atoms with Gasteiger partial charge in [0, 0.05) is 19.9 Å². The van der Waals surface area contributed by atoms with E-state index in [1.807, 2.05) is 4.90 Å². The lowest BCUT2D eigenvalue weighted by Gasteiger charge is -2.38. The Bertz CT molecular complexity index is 758. The van der Waals surface area contributed by atoms with Crippen molar-refractivity contribution < 1.29 is 9.53 Å². The van der Waals surface area contributed by atoms with Crippen molar-refractivity contribution in [1.82, 2.24) is 19.5 Å². The van der Waals surface area contributed by atoms with E-state index in [2.05, 4.69) is 17.1 Å². The molecule has 1 fully saturated rings. The Hall–Kier alpha value is -2.15. The first-order chi connectivity index (χ1) is 11.1. The highest BCUT2D eigenvalue weighted by Gasteiger charge is 2.43. The van der Waals surface area contributed by atoms with E-state index in [-0.39, 0.29) is 17.1 Å². The van der Waals surface area contributed by atoms with Gasteiger partial charge in [0.05, 0.1) is 17.7 Å². The summed E-state index contributed by atoms with van der Waals surface area (Å²) in [5.74, 6) is -0.0856. The largest absolute Gasteiger partial charge is 0.382 e. The van der Waals surface area contributed by atoms with Crippen LogP contribution in [0.1, 0.15) is 43.0 Å². The van der Waals surface area contributed by atoms with Gasteiger partial charge in [0.2, 0.25) is 0 Å². The third-order valence-electron chi connectivity index (χ3n) is 4.64. The summed E-state index contributed by atoms with van der Waals surface area (Å²) < 4.78 is 6.78. The Kier molecular flexibility index (Phi) is 4.21. The Morgan fingerprint density at radius 3 is 3.09 bits per heavy atom. The van der Waals surface area contributed by atoms with Crippen molar-refractivity contribution in [2.45, 2.75) is 38.1 Å². The fourth-order valence-electron chi connectivity index (χ4n) is 3.72. The summed E-state index contributed by atoms with van der Waals surface area (Å²) in [5.41, 5.74) is 0.221. The van der Waals surface area contributed by atoms with Crippen molar-refractivity contribution in [3.63, 3.8) is 0 Å². The highest BCUT2D eigenvalue weighted by atomic mass is 16.5. The number of H-pyrrole nitrogens is 1. The standard InChI is InChI=1S/C16H22N4O3/c1-3-7-16(11-23-2)8-5-10-20(16)14(21)12-6-4-9-19-13(12)17-18-15(19)22/h4,6,9H,3,5,7-8,10-11H2,1-2H3,(H,18,22). The van der Waals surface area contributed by atoms with Gasteiger partial charge in [-0.1, -0.05) is 13.3 Å². The average molecular weight is 318 g/mol. The summed E-state index contributed by atoms with van der Waals surface area (Å²) in [6.07, 6.45) is 5.40. The zero-order chi connectivity index (χ0) is 16.4. The van der Waals surface area contributed by atoms with Crippen LogP contribution in [0.25, 0.3) is 5.65 Å². The molecular formula is C16H22N4O3. The molecule has 0 spiro atoms. The third kappa shape index (κ3) is 2.55. The van der Waals surface area contributed by atoms with Gasteiger partial charge in [-0.15, -0.1) is 0 Å². The summed E-state index contributed by atoms with van der Waals surface area (Å²) in [5, 5.41) is 6.39. The highest BCUT2D eigenvalue weighted by molar-refractivity contribution is 6.00. The van der Waals surface area contributed by atoms with Crippen LogP contribution in [0.5, 0.6) is 0 Å². The maximum absolute atomic E-state index is 13.1. The predicted octanol–water partition coefficient (Wildman–Crippen LogP) is 1.44. The molecule has 1 aliphatic rings. The van der Waals surface area contributed by atoms with E-state index in [4.69, 9.17) is 4.74 Å². The second kappa shape index (κ2) is 6.16. The number of fused-ring (bicyclic) bond motifs is 1. The number of aromatic nitrogens is 3.